The number of rotatable bonds is 6. The number of nitrogens with zero attached hydrogens (tertiary/aromatic N) is 3. The van der Waals surface area contributed by atoms with Gasteiger partial charge in [-0.3, -0.25) is 15.1 Å². The topological polar surface area (TPSA) is 84.4 Å². The SMILES string of the molecule is CCCN1C(=S)NC(c2ccccn2)C1c1ccc(-c2ccccc2[N+](=O)[O-])o1. The zero-order valence-corrected chi connectivity index (χ0v) is 16.6. The van der Waals surface area contributed by atoms with Gasteiger partial charge in [0.05, 0.1) is 22.2 Å². The summed E-state index contributed by atoms with van der Waals surface area (Å²) in [5.41, 5.74) is 1.33. The van der Waals surface area contributed by atoms with Crippen LogP contribution >= 0.6 is 12.2 Å². The highest BCUT2D eigenvalue weighted by Gasteiger charge is 2.41. The lowest BCUT2D eigenvalue weighted by molar-refractivity contribution is -0.384. The van der Waals surface area contributed by atoms with Crippen LogP contribution in [0.4, 0.5) is 5.69 Å². The normalized spacial score (nSPS) is 18.7. The third-order valence-electron chi connectivity index (χ3n) is 4.95. The largest absolute Gasteiger partial charge is 0.459 e. The van der Waals surface area contributed by atoms with Crippen molar-refractivity contribution in [2.45, 2.75) is 25.4 Å². The van der Waals surface area contributed by atoms with E-state index in [1.807, 2.05) is 24.3 Å². The van der Waals surface area contributed by atoms with Gasteiger partial charge in [0.15, 0.2) is 5.11 Å². The molecule has 3 aromatic rings. The van der Waals surface area contributed by atoms with Crippen molar-refractivity contribution in [3.8, 4) is 11.3 Å². The minimum Gasteiger partial charge on any atom is -0.459 e. The Kier molecular flexibility index (Phi) is 5.26. The first-order chi connectivity index (χ1) is 14.1. The number of pyridine rings is 1. The second-order valence-corrected chi connectivity index (χ2v) is 7.18. The maximum absolute atomic E-state index is 11.4. The average Bonchev–Trinajstić information content (AvgIpc) is 3.34. The number of furan rings is 1. The highest BCUT2D eigenvalue weighted by atomic mass is 32.1. The molecule has 2 aromatic heterocycles. The molecule has 7 nitrogen and oxygen atoms in total. The van der Waals surface area contributed by atoms with Crippen LogP contribution in [-0.4, -0.2) is 26.5 Å². The van der Waals surface area contributed by atoms with Gasteiger partial charge in [0, 0.05) is 18.8 Å². The molecule has 1 aliphatic rings. The molecule has 2 atom stereocenters. The van der Waals surface area contributed by atoms with Gasteiger partial charge in [0.1, 0.15) is 17.6 Å². The average molecular weight is 408 g/mol. The molecule has 8 heteroatoms. The predicted molar refractivity (Wildman–Crippen MR) is 113 cm³/mol. The van der Waals surface area contributed by atoms with Crippen LogP contribution in [0.5, 0.6) is 0 Å². The molecular weight excluding hydrogens is 388 g/mol. The van der Waals surface area contributed by atoms with E-state index in [1.54, 1.807) is 30.5 Å². The van der Waals surface area contributed by atoms with E-state index >= 15 is 0 Å². The molecule has 1 saturated heterocycles. The van der Waals surface area contributed by atoms with Crippen LogP contribution in [-0.2, 0) is 0 Å². The fourth-order valence-electron chi connectivity index (χ4n) is 3.69. The third kappa shape index (κ3) is 3.58. The van der Waals surface area contributed by atoms with Crippen molar-refractivity contribution in [3.63, 3.8) is 0 Å². The van der Waals surface area contributed by atoms with Gasteiger partial charge in [-0.15, -0.1) is 0 Å². The first-order valence-corrected chi connectivity index (χ1v) is 9.82. The highest BCUT2D eigenvalue weighted by Crippen LogP contribution is 2.41. The van der Waals surface area contributed by atoms with Gasteiger partial charge in [-0.25, -0.2) is 0 Å². The van der Waals surface area contributed by atoms with Crippen LogP contribution in [0.15, 0.2) is 65.2 Å². The number of hydrogen-bond donors (Lipinski definition) is 1. The lowest BCUT2D eigenvalue weighted by Crippen LogP contribution is -2.30. The van der Waals surface area contributed by atoms with Crippen molar-refractivity contribution in [3.05, 3.63) is 82.4 Å². The summed E-state index contributed by atoms with van der Waals surface area (Å²) in [7, 11) is 0. The van der Waals surface area contributed by atoms with E-state index in [4.69, 9.17) is 16.6 Å². The maximum atomic E-state index is 11.4. The number of nitro benzene ring substituents is 1. The quantitative estimate of drug-likeness (QED) is 0.361. The van der Waals surface area contributed by atoms with Gasteiger partial charge < -0.3 is 14.6 Å². The van der Waals surface area contributed by atoms with Crippen molar-refractivity contribution in [1.29, 1.82) is 0 Å². The zero-order valence-electron chi connectivity index (χ0n) is 15.8. The molecule has 0 saturated carbocycles. The van der Waals surface area contributed by atoms with Crippen LogP contribution in [0.1, 0.15) is 36.9 Å². The van der Waals surface area contributed by atoms with Crippen molar-refractivity contribution in [1.82, 2.24) is 15.2 Å². The molecule has 148 valence electrons. The monoisotopic (exact) mass is 408 g/mol. The summed E-state index contributed by atoms with van der Waals surface area (Å²) < 4.78 is 6.15. The number of thiocarbonyl (C=S) groups is 1. The standard InChI is InChI=1S/C21H20N4O3S/c1-2-13-24-20(19(23-21(24)29)15-8-5-6-12-22-15)18-11-10-17(28-18)14-7-3-4-9-16(14)25(26)27/h3-12,19-20H,2,13H2,1H3,(H,23,29). The van der Waals surface area contributed by atoms with Crippen molar-refractivity contribution in [2.75, 3.05) is 6.54 Å². The molecule has 1 N–H and O–H groups in total. The number of aromatic nitrogens is 1. The van der Waals surface area contributed by atoms with E-state index in [1.165, 1.54) is 6.07 Å². The van der Waals surface area contributed by atoms with E-state index in [-0.39, 0.29) is 17.8 Å². The summed E-state index contributed by atoms with van der Waals surface area (Å²) in [6.45, 7) is 2.86. The van der Waals surface area contributed by atoms with Crippen LogP contribution in [0.2, 0.25) is 0 Å². The van der Waals surface area contributed by atoms with Crippen LogP contribution in [0.3, 0.4) is 0 Å². The smallest absolute Gasteiger partial charge is 0.280 e. The highest BCUT2D eigenvalue weighted by molar-refractivity contribution is 7.80. The minimum absolute atomic E-state index is 0.0140. The van der Waals surface area contributed by atoms with Gasteiger partial charge in [0.2, 0.25) is 0 Å². The minimum atomic E-state index is -0.399. The Balaban J connectivity index is 1.75. The summed E-state index contributed by atoms with van der Waals surface area (Å²) in [6, 6.07) is 15.6. The van der Waals surface area contributed by atoms with E-state index in [9.17, 15) is 10.1 Å². The van der Waals surface area contributed by atoms with Crippen LogP contribution in [0, 0.1) is 10.1 Å². The van der Waals surface area contributed by atoms with Gasteiger partial charge >= 0.3 is 0 Å². The first-order valence-electron chi connectivity index (χ1n) is 9.41. The summed E-state index contributed by atoms with van der Waals surface area (Å²) in [6.07, 6.45) is 2.67. The Hall–Kier alpha value is -3.26. The molecule has 0 radical (unpaired) electrons. The summed E-state index contributed by atoms with van der Waals surface area (Å²) >= 11 is 5.57. The fraction of sp³-hybridized carbons (Fsp3) is 0.238. The molecule has 4 rings (SSSR count). The molecule has 3 heterocycles. The zero-order chi connectivity index (χ0) is 20.4. The molecule has 1 aromatic carbocycles. The Bertz CT molecular complexity index is 1040. The van der Waals surface area contributed by atoms with Crippen LogP contribution in [0.25, 0.3) is 11.3 Å². The van der Waals surface area contributed by atoms with Crippen molar-refractivity contribution < 1.29 is 9.34 Å². The lowest BCUT2D eigenvalue weighted by Gasteiger charge is -2.25. The fourth-order valence-corrected chi connectivity index (χ4v) is 4.03. The van der Waals surface area contributed by atoms with E-state index < -0.39 is 4.92 Å². The first kappa shape index (κ1) is 19.1. The molecule has 1 aliphatic heterocycles. The predicted octanol–water partition coefficient (Wildman–Crippen LogP) is 4.63. The second kappa shape index (κ2) is 8.00. The van der Waals surface area contributed by atoms with Gasteiger partial charge in [-0.1, -0.05) is 25.1 Å². The molecule has 0 amide bonds. The molecule has 1 fully saturated rings. The van der Waals surface area contributed by atoms with E-state index in [0.717, 1.165) is 18.7 Å². The number of benzene rings is 1. The van der Waals surface area contributed by atoms with Crippen LogP contribution < -0.4 is 5.32 Å². The Morgan fingerprint density at radius 2 is 2.00 bits per heavy atom. The summed E-state index contributed by atoms with van der Waals surface area (Å²) in [5, 5.41) is 15.4. The molecule has 29 heavy (non-hydrogen) atoms. The maximum Gasteiger partial charge on any atom is 0.280 e. The molecular formula is C21H20N4O3S. The Morgan fingerprint density at radius 1 is 1.21 bits per heavy atom. The number of nitrogens with one attached hydrogen (secondary N) is 1. The number of para-hydroxylation sites is 1. The summed E-state index contributed by atoms with van der Waals surface area (Å²) in [4.78, 5) is 17.6. The molecule has 2 unspecified atom stereocenters. The molecule has 0 bridgehead atoms. The Labute approximate surface area is 173 Å². The second-order valence-electron chi connectivity index (χ2n) is 6.80. The van der Waals surface area contributed by atoms with Gasteiger partial charge in [0.25, 0.3) is 5.69 Å². The van der Waals surface area contributed by atoms with E-state index in [0.29, 0.717) is 22.2 Å². The number of hydrogen-bond acceptors (Lipinski definition) is 5. The Morgan fingerprint density at radius 3 is 2.72 bits per heavy atom. The molecule has 0 spiro atoms. The summed E-state index contributed by atoms with van der Waals surface area (Å²) in [5.74, 6) is 1.15. The van der Waals surface area contributed by atoms with E-state index in [2.05, 4.69) is 22.1 Å². The van der Waals surface area contributed by atoms with Crippen molar-refractivity contribution >= 4 is 23.0 Å². The molecule has 0 aliphatic carbocycles. The van der Waals surface area contributed by atoms with Crippen molar-refractivity contribution in [2.24, 2.45) is 0 Å². The lowest BCUT2D eigenvalue weighted by atomic mass is 10.0. The third-order valence-corrected chi connectivity index (χ3v) is 5.30. The van der Waals surface area contributed by atoms with Gasteiger partial charge in [-0.05, 0) is 49.0 Å². The van der Waals surface area contributed by atoms with Gasteiger partial charge in [-0.2, -0.15) is 0 Å². The number of nitro groups is 1.